The Kier molecular flexibility index (Phi) is 35.5. The van der Waals surface area contributed by atoms with Crippen LogP contribution in [0.2, 0.25) is 0 Å². The highest BCUT2D eigenvalue weighted by atomic mass is 16.7. The van der Waals surface area contributed by atoms with Gasteiger partial charge in [-0.2, -0.15) is 0 Å². The van der Waals surface area contributed by atoms with E-state index in [1.54, 1.807) is 6.92 Å². The predicted octanol–water partition coefficient (Wildman–Crippen LogP) is -6.56. The molecule has 92 heavy (non-hydrogen) atoms. The maximum atomic E-state index is 13.8. The lowest BCUT2D eigenvalue weighted by atomic mass is 9.86. The van der Waals surface area contributed by atoms with E-state index in [0.29, 0.717) is 25.7 Å². The molecule has 1 saturated carbocycles. The van der Waals surface area contributed by atoms with Crippen molar-refractivity contribution in [2.75, 3.05) is 98.9 Å². The number of aliphatic hydroxyl groups excluding tert-OH is 8. The third kappa shape index (κ3) is 27.4. The van der Waals surface area contributed by atoms with Crippen molar-refractivity contribution >= 4 is 47.3 Å². The van der Waals surface area contributed by atoms with Crippen LogP contribution in [-0.4, -0.2) is 297 Å². The van der Waals surface area contributed by atoms with Crippen LogP contribution in [0.3, 0.4) is 0 Å². The molecule has 0 aromatic rings. The highest BCUT2D eigenvalue weighted by Crippen LogP contribution is 2.30. The van der Waals surface area contributed by atoms with Gasteiger partial charge < -0.3 is 131 Å². The fourth-order valence-electron chi connectivity index (χ4n) is 10.7. The maximum absolute atomic E-state index is 13.8. The van der Waals surface area contributed by atoms with Gasteiger partial charge in [0.2, 0.25) is 47.3 Å². The highest BCUT2D eigenvalue weighted by molar-refractivity contribution is 5.90. The third-order valence-electron chi connectivity index (χ3n) is 15.5. The average molecular weight is 1330 g/mol. The first kappa shape index (κ1) is 79.5. The summed E-state index contributed by atoms with van der Waals surface area (Å²) >= 11 is 0. The summed E-state index contributed by atoms with van der Waals surface area (Å²) < 4.78 is 56.9. The van der Waals surface area contributed by atoms with Gasteiger partial charge in [-0.3, -0.25) is 38.4 Å². The SMILES string of the molecule is CC(=O)N[C@H]1C(OCCOCCNC(=O)CCC(NC(=O)CCC(NC(=O)C2CCC(OC(C)(C)C)CC2)C(=O)NCCOCCOC2O[C@H](CO)[C@H](O)[C@H](O)[C@H]2NC(C)=O)C(=O)NCCOCCOC2O[C@H](CO)[C@H](O)[C@H](O)[C@H]2NC(C)=O)O[C@H](CO)[C@H](O)[C@@H]1C. The number of nitrogens with one attached hydrogen (secondary N) is 8. The van der Waals surface area contributed by atoms with Gasteiger partial charge in [0, 0.05) is 65.1 Å². The molecule has 4 aliphatic rings. The van der Waals surface area contributed by atoms with Gasteiger partial charge in [-0.05, 0) is 59.3 Å². The van der Waals surface area contributed by atoms with Gasteiger partial charge >= 0.3 is 0 Å². The molecule has 530 valence electrons. The van der Waals surface area contributed by atoms with Crippen molar-refractivity contribution in [2.45, 2.75) is 209 Å². The van der Waals surface area contributed by atoms with Gasteiger partial charge in [-0.25, -0.2) is 0 Å². The minimum absolute atomic E-state index is 0.0142. The van der Waals surface area contributed by atoms with Crippen molar-refractivity contribution in [2.24, 2.45) is 11.8 Å². The molecule has 3 saturated heterocycles. The van der Waals surface area contributed by atoms with Crippen LogP contribution in [0.4, 0.5) is 0 Å². The Morgan fingerprint density at radius 1 is 0.478 bits per heavy atom. The molecular weight excluding hydrogens is 1220 g/mol. The second-order valence-electron chi connectivity index (χ2n) is 24.0. The first-order chi connectivity index (χ1) is 43.7. The standard InChI is InChI=1S/C58H102N8O26/c1-31-44(62-32(2)70)55(89-39(28-67)47(31)75)86-25-22-83-19-16-59-42(73)14-12-37(53(81)60-17-20-84-23-26-87-56-45(63-33(3)71)50(78)48(76)40(29-68)90-56)65-43(74)15-13-38(66-52(80)35-8-10-36(11-9-35)92-58(5,6)7)54(82)61-18-21-85-24-27-88-57-46(64-34(4)72)51(79)49(77)41(30-69)91-57/h31,35-41,44-51,55-57,67-69,75-79H,8-30H2,1-7H3,(H,59,73)(H,60,81)(H,61,82)(H,62,70)(H,63,71)(H,64,72)(H,65,74)(H,66,80)/t31-,35?,36?,37?,38?,39-,40-,41-,44-,45-,46-,47-,48+,49+,50-,51-,55?,56?,57?/m1/s1. The second kappa shape index (κ2) is 41.1. The van der Waals surface area contributed by atoms with Crippen LogP contribution in [0.15, 0.2) is 0 Å². The van der Waals surface area contributed by atoms with Gasteiger partial charge in [0.1, 0.15) is 66.9 Å². The van der Waals surface area contributed by atoms with E-state index in [0.717, 1.165) is 0 Å². The summed E-state index contributed by atoms with van der Waals surface area (Å²) in [6.45, 7) is 8.79. The van der Waals surface area contributed by atoms with E-state index >= 15 is 0 Å². The minimum Gasteiger partial charge on any atom is -0.394 e. The zero-order valence-corrected chi connectivity index (χ0v) is 53.7. The Morgan fingerprint density at radius 3 is 1.27 bits per heavy atom. The number of rotatable bonds is 39. The molecule has 1 aliphatic carbocycles. The number of aliphatic hydroxyl groups is 8. The summed E-state index contributed by atoms with van der Waals surface area (Å²) in [4.78, 5) is 104. The molecule has 8 amide bonds. The number of amides is 8. The molecule has 0 radical (unpaired) electrons. The fraction of sp³-hybridized carbons (Fsp3) is 0.862. The maximum Gasteiger partial charge on any atom is 0.242 e. The Labute approximate surface area is 535 Å². The van der Waals surface area contributed by atoms with Crippen LogP contribution in [0.25, 0.3) is 0 Å². The van der Waals surface area contributed by atoms with Gasteiger partial charge in [0.05, 0.1) is 103 Å². The summed E-state index contributed by atoms with van der Waals surface area (Å²) in [5.41, 5.74) is -0.391. The second-order valence-corrected chi connectivity index (χ2v) is 24.0. The van der Waals surface area contributed by atoms with E-state index in [2.05, 4.69) is 42.5 Å². The Bertz CT molecular complexity index is 2270. The van der Waals surface area contributed by atoms with E-state index in [1.807, 2.05) is 20.8 Å². The third-order valence-corrected chi connectivity index (χ3v) is 15.5. The monoisotopic (exact) mass is 1330 g/mol. The van der Waals surface area contributed by atoms with Crippen molar-refractivity contribution in [3.05, 3.63) is 0 Å². The van der Waals surface area contributed by atoms with Crippen molar-refractivity contribution in [1.29, 1.82) is 0 Å². The molecule has 3 aliphatic heterocycles. The number of hydrogen-bond acceptors (Lipinski definition) is 26. The van der Waals surface area contributed by atoms with Crippen molar-refractivity contribution < 1.29 is 127 Å². The largest absolute Gasteiger partial charge is 0.394 e. The first-order valence-electron chi connectivity index (χ1n) is 31.4. The lowest BCUT2D eigenvalue weighted by Gasteiger charge is -2.43. The van der Waals surface area contributed by atoms with Gasteiger partial charge in [-0.15, -0.1) is 0 Å². The minimum atomic E-state index is -1.53. The van der Waals surface area contributed by atoms with Crippen molar-refractivity contribution in [3.63, 3.8) is 0 Å². The van der Waals surface area contributed by atoms with Crippen molar-refractivity contribution in [1.82, 2.24) is 42.5 Å². The van der Waals surface area contributed by atoms with Gasteiger partial charge in [-0.1, -0.05) is 6.92 Å². The molecular formula is C58H102N8O26. The summed E-state index contributed by atoms with van der Waals surface area (Å²) in [6.07, 6.45) is -12.9. The fourth-order valence-corrected chi connectivity index (χ4v) is 10.7. The molecule has 34 heteroatoms. The Morgan fingerprint density at radius 2 is 0.859 bits per heavy atom. The van der Waals surface area contributed by atoms with Crippen LogP contribution < -0.4 is 42.5 Å². The first-order valence-corrected chi connectivity index (χ1v) is 31.4. The van der Waals surface area contributed by atoms with E-state index in [1.165, 1.54) is 20.8 Å². The zero-order valence-electron chi connectivity index (χ0n) is 53.7. The summed E-state index contributed by atoms with van der Waals surface area (Å²) in [6, 6.07) is -5.61. The number of carbonyl (C=O) groups is 8. The quantitative estimate of drug-likeness (QED) is 0.0255. The number of hydrogen-bond donors (Lipinski definition) is 16. The average Bonchev–Trinajstić information content (AvgIpc) is 0.846. The van der Waals surface area contributed by atoms with E-state index < -0.39 is 177 Å². The Hall–Kier alpha value is -4.96. The molecule has 17 atom stereocenters. The smallest absolute Gasteiger partial charge is 0.242 e. The molecule has 5 unspecified atom stereocenters. The lowest BCUT2D eigenvalue weighted by molar-refractivity contribution is -0.272. The molecule has 0 aromatic carbocycles. The number of carbonyl (C=O) groups excluding carboxylic acids is 8. The van der Waals surface area contributed by atoms with Crippen LogP contribution >= 0.6 is 0 Å². The molecule has 0 bridgehead atoms. The summed E-state index contributed by atoms with van der Waals surface area (Å²) in [5.74, 6) is -5.39. The topological polar surface area (TPSA) is 487 Å². The molecule has 16 N–H and O–H groups in total. The molecule has 4 rings (SSSR count). The number of ether oxygens (including phenoxy) is 10. The van der Waals surface area contributed by atoms with Crippen LogP contribution in [-0.2, 0) is 85.7 Å². The Balaban J connectivity index is 1.35. The lowest BCUT2D eigenvalue weighted by Crippen LogP contribution is -2.64. The highest BCUT2D eigenvalue weighted by Gasteiger charge is 2.47. The van der Waals surface area contributed by atoms with E-state index in [9.17, 15) is 79.2 Å². The molecule has 4 fully saturated rings. The molecule has 0 aromatic heterocycles. The van der Waals surface area contributed by atoms with Gasteiger partial charge in [0.15, 0.2) is 18.9 Å². The normalized spacial score (nSPS) is 29.8. The predicted molar refractivity (Wildman–Crippen MR) is 318 cm³/mol. The van der Waals surface area contributed by atoms with Crippen molar-refractivity contribution in [3.8, 4) is 0 Å². The van der Waals surface area contributed by atoms with Crippen LogP contribution in [0, 0.1) is 11.8 Å². The van der Waals surface area contributed by atoms with E-state index in [4.69, 9.17) is 47.4 Å². The van der Waals surface area contributed by atoms with Crippen LogP contribution in [0.1, 0.15) is 99.8 Å². The zero-order chi connectivity index (χ0) is 68.1. The summed E-state index contributed by atoms with van der Waals surface area (Å²) in [7, 11) is 0. The summed E-state index contributed by atoms with van der Waals surface area (Å²) in [5, 5.41) is 102. The van der Waals surface area contributed by atoms with Gasteiger partial charge in [0.25, 0.3) is 0 Å². The molecule has 0 spiro atoms. The van der Waals surface area contributed by atoms with Crippen LogP contribution in [0.5, 0.6) is 0 Å². The van der Waals surface area contributed by atoms with E-state index in [-0.39, 0.29) is 117 Å². The molecule has 3 heterocycles. The molecule has 34 nitrogen and oxygen atoms in total.